The van der Waals surface area contributed by atoms with Crippen LogP contribution in [0.25, 0.3) is 5.69 Å². The summed E-state index contributed by atoms with van der Waals surface area (Å²) in [7, 11) is -2.99. The van der Waals surface area contributed by atoms with Gasteiger partial charge < -0.3 is 4.57 Å². The van der Waals surface area contributed by atoms with Gasteiger partial charge in [0.25, 0.3) is 0 Å². The summed E-state index contributed by atoms with van der Waals surface area (Å²) in [4.78, 5) is 13.0. The summed E-state index contributed by atoms with van der Waals surface area (Å²) < 4.78 is 27.7. The van der Waals surface area contributed by atoms with Gasteiger partial charge >= 0.3 is 0 Å². The number of carbonyl (C=O) groups excluding carboxylic acids is 1. The van der Waals surface area contributed by atoms with Crippen LogP contribution in [0.4, 0.5) is 0 Å². The predicted molar refractivity (Wildman–Crippen MR) is 117 cm³/mol. The van der Waals surface area contributed by atoms with E-state index in [0.717, 1.165) is 22.6 Å². The molecule has 4 rings (SSSR count). The molecule has 2 aromatic heterocycles. The lowest BCUT2D eigenvalue weighted by atomic mass is 10.2. The number of carbonyl (C=O) groups is 1. The highest BCUT2D eigenvalue weighted by molar-refractivity contribution is 7.99. The van der Waals surface area contributed by atoms with Crippen LogP contribution in [0.3, 0.4) is 0 Å². The van der Waals surface area contributed by atoms with Crippen molar-refractivity contribution in [1.29, 1.82) is 0 Å². The number of sulfone groups is 1. The van der Waals surface area contributed by atoms with E-state index in [1.165, 1.54) is 11.8 Å². The second-order valence-corrected chi connectivity index (χ2v) is 10.9. The number of thioether (sulfide) groups is 1. The van der Waals surface area contributed by atoms with Gasteiger partial charge in [-0.2, -0.15) is 0 Å². The van der Waals surface area contributed by atoms with Crippen LogP contribution in [-0.2, 0) is 9.84 Å². The fraction of sp³-hybridized carbons (Fsp3) is 0.381. The predicted octanol–water partition coefficient (Wildman–Crippen LogP) is 3.33. The molecule has 7 nitrogen and oxygen atoms in total. The molecule has 1 aliphatic rings. The minimum absolute atomic E-state index is 0.000428. The van der Waals surface area contributed by atoms with Crippen LogP contribution in [0.2, 0.25) is 0 Å². The van der Waals surface area contributed by atoms with Gasteiger partial charge in [0, 0.05) is 23.0 Å². The summed E-state index contributed by atoms with van der Waals surface area (Å²) in [6.45, 7) is 5.84. The number of hydrogen-bond acceptors (Lipinski definition) is 6. The van der Waals surface area contributed by atoms with Gasteiger partial charge in [-0.15, -0.1) is 10.2 Å². The van der Waals surface area contributed by atoms with Crippen molar-refractivity contribution in [2.24, 2.45) is 0 Å². The smallest absolute Gasteiger partial charge is 0.196 e. The average Bonchev–Trinajstić information content (AvgIpc) is 3.37. The standard InChI is InChI=1S/C21H24N4O3S2/c1-14-6-4-5-7-19(14)24-13-22-23-21(24)29-11-20(26)18-10-15(2)25(16(18)3)17-8-9-30(27,28)12-17/h4-7,10,13,17H,8-9,11-12H2,1-3H3. The average molecular weight is 445 g/mol. The molecule has 3 heterocycles. The molecule has 1 aliphatic heterocycles. The van der Waals surface area contributed by atoms with Crippen LogP contribution in [0.5, 0.6) is 0 Å². The van der Waals surface area contributed by atoms with E-state index in [2.05, 4.69) is 10.2 Å². The number of nitrogens with zero attached hydrogens (tertiary/aromatic N) is 4. The summed E-state index contributed by atoms with van der Waals surface area (Å²) >= 11 is 1.35. The maximum Gasteiger partial charge on any atom is 0.196 e. The number of ketones is 1. The Balaban J connectivity index is 1.52. The molecule has 0 bridgehead atoms. The number of aryl methyl sites for hydroxylation is 2. The molecule has 1 atom stereocenters. The number of aromatic nitrogens is 4. The van der Waals surface area contributed by atoms with E-state index in [1.54, 1.807) is 6.33 Å². The molecule has 1 unspecified atom stereocenters. The highest BCUT2D eigenvalue weighted by atomic mass is 32.2. The lowest BCUT2D eigenvalue weighted by Crippen LogP contribution is -2.14. The third-order valence-electron chi connectivity index (χ3n) is 5.58. The zero-order chi connectivity index (χ0) is 21.5. The first-order chi connectivity index (χ1) is 14.3. The van der Waals surface area contributed by atoms with Crippen LogP contribution < -0.4 is 0 Å². The Bertz CT molecular complexity index is 1210. The largest absolute Gasteiger partial charge is 0.344 e. The van der Waals surface area contributed by atoms with Crippen molar-refractivity contribution < 1.29 is 13.2 Å². The number of Topliss-reactive ketones (excluding diaryl/α,β-unsaturated/α-hetero) is 1. The van der Waals surface area contributed by atoms with Crippen LogP contribution in [-0.4, -0.2) is 50.8 Å². The highest BCUT2D eigenvalue weighted by Gasteiger charge is 2.31. The Morgan fingerprint density at radius 3 is 2.70 bits per heavy atom. The molecular weight excluding hydrogens is 420 g/mol. The topological polar surface area (TPSA) is 86.8 Å². The summed E-state index contributed by atoms with van der Waals surface area (Å²) in [6.07, 6.45) is 2.25. The van der Waals surface area contributed by atoms with E-state index in [4.69, 9.17) is 0 Å². The molecular formula is C21H24N4O3S2. The molecule has 0 saturated carbocycles. The second-order valence-electron chi connectivity index (χ2n) is 7.69. The van der Waals surface area contributed by atoms with Crippen LogP contribution in [0, 0.1) is 20.8 Å². The zero-order valence-corrected chi connectivity index (χ0v) is 18.8. The molecule has 1 fully saturated rings. The zero-order valence-electron chi connectivity index (χ0n) is 17.2. The van der Waals surface area contributed by atoms with Gasteiger partial charge in [-0.25, -0.2) is 8.42 Å². The number of rotatable bonds is 6. The highest BCUT2D eigenvalue weighted by Crippen LogP contribution is 2.30. The normalized spacial score (nSPS) is 18.0. The van der Waals surface area contributed by atoms with Crippen molar-refractivity contribution in [3.63, 3.8) is 0 Å². The molecule has 30 heavy (non-hydrogen) atoms. The lowest BCUT2D eigenvalue weighted by molar-refractivity contribution is 0.102. The first-order valence-corrected chi connectivity index (χ1v) is 12.6. The van der Waals surface area contributed by atoms with E-state index >= 15 is 0 Å². The van der Waals surface area contributed by atoms with Crippen LogP contribution in [0.15, 0.2) is 41.8 Å². The molecule has 0 amide bonds. The third-order valence-corrected chi connectivity index (χ3v) is 8.28. The van der Waals surface area contributed by atoms with Crippen LogP contribution >= 0.6 is 11.8 Å². The van der Waals surface area contributed by atoms with Gasteiger partial charge in [0.1, 0.15) is 6.33 Å². The number of para-hydroxylation sites is 1. The van der Waals surface area contributed by atoms with Gasteiger partial charge in [-0.05, 0) is 44.9 Å². The Morgan fingerprint density at radius 2 is 2.00 bits per heavy atom. The quantitative estimate of drug-likeness (QED) is 0.428. The maximum atomic E-state index is 13.0. The van der Waals surface area contributed by atoms with Crippen LogP contribution in [0.1, 0.15) is 39.8 Å². The summed E-state index contributed by atoms with van der Waals surface area (Å²) in [5, 5.41) is 8.85. The Morgan fingerprint density at radius 1 is 1.23 bits per heavy atom. The molecule has 158 valence electrons. The van der Waals surface area contributed by atoms with Crippen molar-refractivity contribution in [2.45, 2.75) is 38.4 Å². The Hall–Kier alpha value is -2.39. The molecule has 0 N–H and O–H groups in total. The SMILES string of the molecule is Cc1ccccc1-n1cnnc1SCC(=O)c1cc(C)n(C2CCS(=O)(=O)C2)c1C. The second kappa shape index (κ2) is 8.03. The Kier molecular flexibility index (Phi) is 5.59. The Labute approximate surface area is 180 Å². The summed E-state index contributed by atoms with van der Waals surface area (Å²) in [5.41, 5.74) is 4.48. The number of benzene rings is 1. The molecule has 9 heteroatoms. The van der Waals surface area contributed by atoms with Gasteiger partial charge in [-0.3, -0.25) is 9.36 Å². The molecule has 0 radical (unpaired) electrons. The van der Waals surface area contributed by atoms with Crippen molar-refractivity contribution >= 4 is 27.4 Å². The van der Waals surface area contributed by atoms with E-state index in [9.17, 15) is 13.2 Å². The summed E-state index contributed by atoms with van der Waals surface area (Å²) in [6, 6.07) is 9.73. The molecule has 3 aromatic rings. The fourth-order valence-corrected chi connectivity index (χ4v) is 6.63. The molecule has 1 saturated heterocycles. The van der Waals surface area contributed by atoms with E-state index in [1.807, 2.05) is 60.2 Å². The van der Waals surface area contributed by atoms with Gasteiger partial charge in [0.2, 0.25) is 0 Å². The molecule has 0 spiro atoms. The first kappa shape index (κ1) is 20.9. The van der Waals surface area contributed by atoms with Crippen molar-refractivity contribution in [1.82, 2.24) is 19.3 Å². The monoisotopic (exact) mass is 444 g/mol. The van der Waals surface area contributed by atoms with E-state index in [0.29, 0.717) is 17.1 Å². The first-order valence-electron chi connectivity index (χ1n) is 9.77. The fourth-order valence-electron chi connectivity index (χ4n) is 4.13. The van der Waals surface area contributed by atoms with Gasteiger partial charge in [0.15, 0.2) is 20.8 Å². The number of hydrogen-bond donors (Lipinski definition) is 0. The van der Waals surface area contributed by atoms with Crippen molar-refractivity contribution in [3.8, 4) is 5.69 Å². The third kappa shape index (κ3) is 3.96. The molecule has 0 aliphatic carbocycles. The van der Waals surface area contributed by atoms with Gasteiger partial charge in [-0.1, -0.05) is 30.0 Å². The molecule has 1 aromatic carbocycles. The van der Waals surface area contributed by atoms with Crippen molar-refractivity contribution in [2.75, 3.05) is 17.3 Å². The van der Waals surface area contributed by atoms with Crippen molar-refractivity contribution in [3.05, 3.63) is 59.2 Å². The van der Waals surface area contributed by atoms with Gasteiger partial charge in [0.05, 0.1) is 22.9 Å². The minimum atomic E-state index is -2.99. The van der Waals surface area contributed by atoms with E-state index < -0.39 is 9.84 Å². The van der Waals surface area contributed by atoms with E-state index in [-0.39, 0.29) is 29.1 Å². The maximum absolute atomic E-state index is 13.0. The lowest BCUT2D eigenvalue weighted by Gasteiger charge is -2.16. The summed E-state index contributed by atoms with van der Waals surface area (Å²) in [5.74, 6) is 0.588. The minimum Gasteiger partial charge on any atom is -0.344 e.